The third-order valence-corrected chi connectivity index (χ3v) is 3.29. The Morgan fingerprint density at radius 1 is 1.05 bits per heavy atom. The van der Waals surface area contributed by atoms with Gasteiger partial charge in [-0.05, 0) is 24.6 Å². The van der Waals surface area contributed by atoms with Crippen LogP contribution >= 0.6 is 0 Å². The van der Waals surface area contributed by atoms with Crippen LogP contribution in [0.2, 0.25) is 0 Å². The molecular formula is C17H19N3O. The number of ether oxygens (including phenoxy) is 1. The first-order valence-electron chi connectivity index (χ1n) is 7.25. The zero-order valence-corrected chi connectivity index (χ0v) is 11.9. The molecule has 2 N–H and O–H groups in total. The van der Waals surface area contributed by atoms with Gasteiger partial charge in [-0.1, -0.05) is 36.4 Å². The van der Waals surface area contributed by atoms with Crippen molar-refractivity contribution < 1.29 is 4.74 Å². The Hall–Kier alpha value is -2.49. The minimum absolute atomic E-state index is 0.689. The Morgan fingerprint density at radius 2 is 1.86 bits per heavy atom. The molecule has 2 aromatic carbocycles. The van der Waals surface area contributed by atoms with Crippen molar-refractivity contribution in [1.82, 2.24) is 10.6 Å². The Morgan fingerprint density at radius 3 is 2.67 bits per heavy atom. The molecule has 1 heterocycles. The average molecular weight is 281 g/mol. The van der Waals surface area contributed by atoms with Gasteiger partial charge in [0.1, 0.15) is 11.5 Å². The highest BCUT2D eigenvalue weighted by molar-refractivity contribution is 5.80. The van der Waals surface area contributed by atoms with Crippen LogP contribution in [0.4, 0.5) is 0 Å². The Labute approximate surface area is 124 Å². The van der Waals surface area contributed by atoms with Crippen LogP contribution in [-0.4, -0.2) is 19.0 Å². The summed E-state index contributed by atoms with van der Waals surface area (Å²) in [6.07, 6.45) is 1.10. The monoisotopic (exact) mass is 281 g/mol. The zero-order chi connectivity index (χ0) is 14.3. The molecule has 0 aromatic heterocycles. The number of rotatable bonds is 4. The highest BCUT2D eigenvalue weighted by Crippen LogP contribution is 2.24. The standard InChI is InChI=1S/C17H19N3O/c1-2-8-15(9-3-1)21-16-10-5-4-7-14(16)13-20-17-18-11-6-12-19-17/h1-5,7-10H,6,11-13H2,(H2,18,19,20). The van der Waals surface area contributed by atoms with Crippen molar-refractivity contribution in [3.8, 4) is 11.5 Å². The van der Waals surface area contributed by atoms with Crippen molar-refractivity contribution in [2.24, 2.45) is 4.99 Å². The highest BCUT2D eigenvalue weighted by atomic mass is 16.5. The number of benzene rings is 2. The Bertz CT molecular complexity index is 610. The van der Waals surface area contributed by atoms with E-state index in [0.717, 1.165) is 42.5 Å². The summed E-state index contributed by atoms with van der Waals surface area (Å²) in [5.41, 5.74) is 1.11. The lowest BCUT2D eigenvalue weighted by atomic mass is 10.2. The predicted molar refractivity (Wildman–Crippen MR) is 84.7 cm³/mol. The maximum absolute atomic E-state index is 5.95. The lowest BCUT2D eigenvalue weighted by Gasteiger charge is -2.17. The summed E-state index contributed by atoms with van der Waals surface area (Å²) in [5.74, 6) is 2.58. The molecule has 0 atom stereocenters. The first-order valence-corrected chi connectivity index (χ1v) is 7.25. The predicted octanol–water partition coefficient (Wildman–Crippen LogP) is 2.92. The van der Waals surface area contributed by atoms with E-state index < -0.39 is 0 Å². The van der Waals surface area contributed by atoms with Crippen LogP contribution in [0.1, 0.15) is 12.0 Å². The molecule has 2 aromatic rings. The SMILES string of the molecule is c1ccc(Oc2ccccc2CNC2=NCCCN2)cc1. The summed E-state index contributed by atoms with van der Waals surface area (Å²) in [4.78, 5) is 4.41. The van der Waals surface area contributed by atoms with E-state index in [9.17, 15) is 0 Å². The molecule has 0 radical (unpaired) electrons. The maximum Gasteiger partial charge on any atom is 0.191 e. The van der Waals surface area contributed by atoms with E-state index in [1.165, 1.54) is 0 Å². The first-order chi connectivity index (χ1) is 10.4. The molecule has 4 nitrogen and oxygen atoms in total. The highest BCUT2D eigenvalue weighted by Gasteiger charge is 2.07. The van der Waals surface area contributed by atoms with Gasteiger partial charge in [-0.25, -0.2) is 0 Å². The quantitative estimate of drug-likeness (QED) is 0.905. The van der Waals surface area contributed by atoms with Gasteiger partial charge in [0.05, 0.1) is 0 Å². The van der Waals surface area contributed by atoms with Gasteiger partial charge in [0.2, 0.25) is 0 Å². The zero-order valence-electron chi connectivity index (χ0n) is 11.9. The molecule has 0 bridgehead atoms. The van der Waals surface area contributed by atoms with Gasteiger partial charge in [0.15, 0.2) is 5.96 Å². The van der Waals surface area contributed by atoms with E-state index >= 15 is 0 Å². The van der Waals surface area contributed by atoms with E-state index in [0.29, 0.717) is 6.54 Å². The number of para-hydroxylation sites is 2. The second-order valence-corrected chi connectivity index (χ2v) is 4.89. The smallest absolute Gasteiger partial charge is 0.191 e. The van der Waals surface area contributed by atoms with Crippen LogP contribution < -0.4 is 15.4 Å². The molecule has 0 aliphatic carbocycles. The maximum atomic E-state index is 5.95. The van der Waals surface area contributed by atoms with Gasteiger partial charge in [0.25, 0.3) is 0 Å². The molecule has 3 rings (SSSR count). The lowest BCUT2D eigenvalue weighted by Crippen LogP contribution is -2.40. The summed E-state index contributed by atoms with van der Waals surface area (Å²) >= 11 is 0. The molecule has 0 saturated carbocycles. The van der Waals surface area contributed by atoms with Gasteiger partial charge in [-0.3, -0.25) is 4.99 Å². The Kier molecular flexibility index (Phi) is 4.36. The summed E-state index contributed by atoms with van der Waals surface area (Å²) in [6, 6.07) is 17.9. The Balaban J connectivity index is 1.69. The molecule has 0 saturated heterocycles. The summed E-state index contributed by atoms with van der Waals surface area (Å²) in [7, 11) is 0. The van der Waals surface area contributed by atoms with Crippen molar-refractivity contribution in [3.63, 3.8) is 0 Å². The van der Waals surface area contributed by atoms with Gasteiger partial charge >= 0.3 is 0 Å². The third-order valence-electron chi connectivity index (χ3n) is 3.29. The molecule has 1 aliphatic rings. The van der Waals surface area contributed by atoms with Crippen LogP contribution in [0.15, 0.2) is 59.6 Å². The average Bonchev–Trinajstić information content (AvgIpc) is 2.56. The number of guanidine groups is 1. The minimum Gasteiger partial charge on any atom is -0.457 e. The lowest BCUT2D eigenvalue weighted by molar-refractivity contribution is 0.475. The minimum atomic E-state index is 0.689. The molecule has 0 unspecified atom stereocenters. The van der Waals surface area contributed by atoms with Crippen molar-refractivity contribution >= 4 is 5.96 Å². The fourth-order valence-corrected chi connectivity index (χ4v) is 2.19. The molecule has 108 valence electrons. The van der Waals surface area contributed by atoms with E-state index in [1.807, 2.05) is 48.5 Å². The van der Waals surface area contributed by atoms with Crippen LogP contribution in [0.5, 0.6) is 11.5 Å². The fourth-order valence-electron chi connectivity index (χ4n) is 2.19. The second kappa shape index (κ2) is 6.79. The molecule has 4 heteroatoms. The molecule has 21 heavy (non-hydrogen) atoms. The van der Waals surface area contributed by atoms with Crippen molar-refractivity contribution in [3.05, 3.63) is 60.2 Å². The van der Waals surface area contributed by atoms with Crippen molar-refractivity contribution in [2.75, 3.05) is 13.1 Å². The van der Waals surface area contributed by atoms with E-state index in [-0.39, 0.29) is 0 Å². The van der Waals surface area contributed by atoms with E-state index in [1.54, 1.807) is 0 Å². The third kappa shape index (κ3) is 3.75. The summed E-state index contributed by atoms with van der Waals surface area (Å²) in [5, 5.41) is 6.58. The molecular weight excluding hydrogens is 262 g/mol. The van der Waals surface area contributed by atoms with Crippen LogP contribution in [-0.2, 0) is 6.54 Å². The van der Waals surface area contributed by atoms with Gasteiger partial charge in [0, 0.05) is 25.2 Å². The second-order valence-electron chi connectivity index (χ2n) is 4.89. The van der Waals surface area contributed by atoms with Gasteiger partial charge in [-0.15, -0.1) is 0 Å². The fraction of sp³-hybridized carbons (Fsp3) is 0.235. The summed E-state index contributed by atoms with van der Waals surface area (Å²) < 4.78 is 5.95. The van der Waals surface area contributed by atoms with Crippen molar-refractivity contribution in [2.45, 2.75) is 13.0 Å². The van der Waals surface area contributed by atoms with Crippen molar-refractivity contribution in [1.29, 1.82) is 0 Å². The molecule has 1 aliphatic heterocycles. The number of aliphatic imine (C=N–C) groups is 1. The van der Waals surface area contributed by atoms with Crippen LogP contribution in [0, 0.1) is 0 Å². The number of nitrogens with one attached hydrogen (secondary N) is 2. The molecule has 0 amide bonds. The van der Waals surface area contributed by atoms with E-state index in [4.69, 9.17) is 4.74 Å². The number of nitrogens with zero attached hydrogens (tertiary/aromatic N) is 1. The van der Waals surface area contributed by atoms with Gasteiger partial charge in [-0.2, -0.15) is 0 Å². The topological polar surface area (TPSA) is 45.6 Å². The molecule has 0 fully saturated rings. The van der Waals surface area contributed by atoms with E-state index in [2.05, 4.69) is 21.7 Å². The molecule has 0 spiro atoms. The largest absolute Gasteiger partial charge is 0.457 e. The van der Waals surface area contributed by atoms with Crippen LogP contribution in [0.25, 0.3) is 0 Å². The van der Waals surface area contributed by atoms with Gasteiger partial charge < -0.3 is 15.4 Å². The number of hydrogen-bond acceptors (Lipinski definition) is 4. The van der Waals surface area contributed by atoms with Crippen LogP contribution in [0.3, 0.4) is 0 Å². The summed E-state index contributed by atoms with van der Waals surface area (Å²) in [6.45, 7) is 2.56. The normalized spacial score (nSPS) is 14.0. The first kappa shape index (κ1) is 13.5. The number of hydrogen-bond donors (Lipinski definition) is 2.